The van der Waals surface area contributed by atoms with Gasteiger partial charge in [-0.05, 0) is 56.3 Å². The third kappa shape index (κ3) is 2.93. The lowest BCUT2D eigenvalue weighted by Crippen LogP contribution is -2.38. The Morgan fingerprint density at radius 2 is 1.58 bits per heavy atom. The Bertz CT molecular complexity index is 362. The van der Waals surface area contributed by atoms with Gasteiger partial charge in [0.15, 0.2) is 0 Å². The molecule has 0 heterocycles. The molecule has 0 radical (unpaired) electrons. The second-order valence-corrected chi connectivity index (χ2v) is 6.57. The van der Waals surface area contributed by atoms with E-state index in [9.17, 15) is 9.59 Å². The second-order valence-electron chi connectivity index (χ2n) is 6.57. The van der Waals surface area contributed by atoms with Crippen LogP contribution in [0.3, 0.4) is 0 Å². The van der Waals surface area contributed by atoms with E-state index in [1.54, 1.807) is 0 Å². The van der Waals surface area contributed by atoms with Crippen LogP contribution in [0.25, 0.3) is 0 Å². The molecule has 0 aromatic rings. The van der Waals surface area contributed by atoms with Crippen LogP contribution in [0, 0.1) is 29.6 Å². The zero-order valence-corrected chi connectivity index (χ0v) is 11.3. The molecule has 2 atom stereocenters. The van der Waals surface area contributed by atoms with Crippen molar-refractivity contribution in [1.82, 2.24) is 5.32 Å². The molecular formula is C15H23NO3. The third-order valence-electron chi connectivity index (χ3n) is 5.14. The van der Waals surface area contributed by atoms with Crippen LogP contribution in [0.15, 0.2) is 0 Å². The Labute approximate surface area is 113 Å². The summed E-state index contributed by atoms with van der Waals surface area (Å²) in [5, 5.41) is 12.2. The van der Waals surface area contributed by atoms with Crippen LogP contribution in [0.2, 0.25) is 0 Å². The average Bonchev–Trinajstić information content (AvgIpc) is 3.29. The van der Waals surface area contributed by atoms with Gasteiger partial charge in [-0.1, -0.05) is 6.42 Å². The van der Waals surface area contributed by atoms with Crippen LogP contribution in [0.5, 0.6) is 0 Å². The Morgan fingerprint density at radius 1 is 1.00 bits per heavy atom. The van der Waals surface area contributed by atoms with E-state index in [1.165, 1.54) is 25.7 Å². The molecule has 19 heavy (non-hydrogen) atoms. The zero-order valence-electron chi connectivity index (χ0n) is 11.3. The summed E-state index contributed by atoms with van der Waals surface area (Å²) in [5.74, 6) is 0.735. The SMILES string of the molecule is O=C(O)C1CCCC1C(=O)NCC(C1CC1)C1CC1. The van der Waals surface area contributed by atoms with Crippen LogP contribution in [-0.4, -0.2) is 23.5 Å². The molecule has 3 aliphatic carbocycles. The molecule has 0 aromatic heterocycles. The van der Waals surface area contributed by atoms with Crippen molar-refractivity contribution in [2.45, 2.75) is 44.9 Å². The van der Waals surface area contributed by atoms with Gasteiger partial charge in [0.05, 0.1) is 11.8 Å². The van der Waals surface area contributed by atoms with Crippen molar-refractivity contribution >= 4 is 11.9 Å². The molecule has 4 heteroatoms. The average molecular weight is 265 g/mol. The van der Waals surface area contributed by atoms with Crippen molar-refractivity contribution in [2.24, 2.45) is 29.6 Å². The van der Waals surface area contributed by atoms with Crippen molar-refractivity contribution in [1.29, 1.82) is 0 Å². The van der Waals surface area contributed by atoms with Crippen molar-refractivity contribution < 1.29 is 14.7 Å². The molecule has 2 unspecified atom stereocenters. The lowest BCUT2D eigenvalue weighted by atomic mass is 9.94. The smallest absolute Gasteiger partial charge is 0.307 e. The maximum absolute atomic E-state index is 12.2. The van der Waals surface area contributed by atoms with Crippen molar-refractivity contribution in [3.8, 4) is 0 Å². The van der Waals surface area contributed by atoms with Gasteiger partial charge in [0.2, 0.25) is 5.91 Å². The van der Waals surface area contributed by atoms with Crippen molar-refractivity contribution in [2.75, 3.05) is 6.54 Å². The van der Waals surface area contributed by atoms with E-state index >= 15 is 0 Å². The Hall–Kier alpha value is -1.06. The molecule has 1 amide bonds. The topological polar surface area (TPSA) is 66.4 Å². The first-order chi connectivity index (χ1) is 9.16. The number of amides is 1. The van der Waals surface area contributed by atoms with Gasteiger partial charge in [0, 0.05) is 6.54 Å². The Balaban J connectivity index is 1.51. The molecule has 2 N–H and O–H groups in total. The molecule has 3 aliphatic rings. The van der Waals surface area contributed by atoms with Crippen LogP contribution in [0.1, 0.15) is 44.9 Å². The summed E-state index contributed by atoms with van der Waals surface area (Å²) in [4.78, 5) is 23.3. The van der Waals surface area contributed by atoms with Gasteiger partial charge in [0.1, 0.15) is 0 Å². The predicted molar refractivity (Wildman–Crippen MR) is 70.4 cm³/mol. The van der Waals surface area contributed by atoms with Crippen LogP contribution in [0.4, 0.5) is 0 Å². The summed E-state index contributed by atoms with van der Waals surface area (Å²) in [5.41, 5.74) is 0. The number of carbonyl (C=O) groups excluding carboxylic acids is 1. The number of aliphatic carboxylic acids is 1. The maximum Gasteiger partial charge on any atom is 0.307 e. The molecule has 4 nitrogen and oxygen atoms in total. The normalized spacial score (nSPS) is 30.6. The minimum Gasteiger partial charge on any atom is -0.481 e. The number of carboxylic acid groups (broad SMARTS) is 1. The lowest BCUT2D eigenvalue weighted by molar-refractivity contribution is -0.146. The van der Waals surface area contributed by atoms with Gasteiger partial charge in [-0.25, -0.2) is 0 Å². The minimum absolute atomic E-state index is 0.0174. The first-order valence-electron chi connectivity index (χ1n) is 7.67. The van der Waals surface area contributed by atoms with Crippen LogP contribution >= 0.6 is 0 Å². The molecule has 0 bridgehead atoms. The quantitative estimate of drug-likeness (QED) is 0.772. The van der Waals surface area contributed by atoms with E-state index in [0.717, 1.165) is 31.2 Å². The highest BCUT2D eigenvalue weighted by atomic mass is 16.4. The van der Waals surface area contributed by atoms with Gasteiger partial charge in [-0.15, -0.1) is 0 Å². The Morgan fingerprint density at radius 3 is 2.11 bits per heavy atom. The molecule has 0 saturated heterocycles. The van der Waals surface area contributed by atoms with E-state index < -0.39 is 11.9 Å². The summed E-state index contributed by atoms with van der Waals surface area (Å²) in [6.45, 7) is 0.775. The largest absolute Gasteiger partial charge is 0.481 e. The van der Waals surface area contributed by atoms with E-state index in [1.807, 2.05) is 0 Å². The molecule has 3 rings (SSSR count). The first kappa shape index (κ1) is 12.9. The fourth-order valence-electron chi connectivity index (χ4n) is 3.69. The second kappa shape index (κ2) is 5.14. The predicted octanol–water partition coefficient (Wildman–Crippen LogP) is 2.04. The standard InChI is InChI=1S/C15H23NO3/c17-14(11-2-1-3-12(11)15(18)19)16-8-13(9-4-5-9)10-6-7-10/h9-13H,1-8H2,(H,16,17)(H,18,19). The van der Waals surface area contributed by atoms with Gasteiger partial charge >= 0.3 is 5.97 Å². The highest BCUT2D eigenvalue weighted by Crippen LogP contribution is 2.48. The molecule has 0 spiro atoms. The molecule has 0 aliphatic heterocycles. The molecule has 3 saturated carbocycles. The van der Waals surface area contributed by atoms with E-state index in [2.05, 4.69) is 5.32 Å². The number of hydrogen-bond acceptors (Lipinski definition) is 2. The monoisotopic (exact) mass is 265 g/mol. The fraction of sp³-hybridized carbons (Fsp3) is 0.867. The van der Waals surface area contributed by atoms with Gasteiger partial charge < -0.3 is 10.4 Å². The third-order valence-corrected chi connectivity index (χ3v) is 5.14. The maximum atomic E-state index is 12.2. The molecular weight excluding hydrogens is 242 g/mol. The van der Waals surface area contributed by atoms with E-state index in [0.29, 0.717) is 12.3 Å². The van der Waals surface area contributed by atoms with Crippen LogP contribution < -0.4 is 5.32 Å². The van der Waals surface area contributed by atoms with Crippen molar-refractivity contribution in [3.63, 3.8) is 0 Å². The van der Waals surface area contributed by atoms with E-state index in [-0.39, 0.29) is 11.8 Å². The number of rotatable bonds is 6. The minimum atomic E-state index is -0.807. The lowest BCUT2D eigenvalue weighted by Gasteiger charge is -2.20. The summed E-state index contributed by atoms with van der Waals surface area (Å²) in [6, 6.07) is 0. The highest BCUT2D eigenvalue weighted by molar-refractivity contribution is 5.85. The van der Waals surface area contributed by atoms with Gasteiger partial charge in [0.25, 0.3) is 0 Å². The van der Waals surface area contributed by atoms with Crippen molar-refractivity contribution in [3.05, 3.63) is 0 Å². The van der Waals surface area contributed by atoms with Crippen LogP contribution in [-0.2, 0) is 9.59 Å². The summed E-state index contributed by atoms with van der Waals surface area (Å²) >= 11 is 0. The van der Waals surface area contributed by atoms with E-state index in [4.69, 9.17) is 5.11 Å². The molecule has 106 valence electrons. The molecule has 3 fully saturated rings. The highest BCUT2D eigenvalue weighted by Gasteiger charge is 2.42. The first-order valence-corrected chi connectivity index (χ1v) is 7.67. The number of nitrogens with one attached hydrogen (secondary N) is 1. The zero-order chi connectivity index (χ0) is 13.4. The summed E-state index contributed by atoms with van der Waals surface area (Å²) < 4.78 is 0. The summed E-state index contributed by atoms with van der Waals surface area (Å²) in [7, 11) is 0. The number of hydrogen-bond donors (Lipinski definition) is 2. The fourth-order valence-corrected chi connectivity index (χ4v) is 3.69. The van der Waals surface area contributed by atoms with Gasteiger partial charge in [-0.2, -0.15) is 0 Å². The number of carbonyl (C=O) groups is 2. The number of carboxylic acids is 1. The van der Waals surface area contributed by atoms with Gasteiger partial charge in [-0.3, -0.25) is 9.59 Å². The summed E-state index contributed by atoms with van der Waals surface area (Å²) in [6.07, 6.45) is 7.53. The molecule has 0 aromatic carbocycles. The Kier molecular flexibility index (Phi) is 3.50.